The maximum Gasteiger partial charge on any atom is 0.170 e. The first-order chi connectivity index (χ1) is 26.1. The summed E-state index contributed by atoms with van der Waals surface area (Å²) in [5.41, 5.74) is 17.8. The van der Waals surface area contributed by atoms with Gasteiger partial charge in [-0.1, -0.05) is 6.07 Å². The van der Waals surface area contributed by atoms with Gasteiger partial charge in [-0.2, -0.15) is 0 Å². The molecule has 12 aliphatic carbocycles. The minimum atomic E-state index is 0.0267. The molecule has 54 heavy (non-hydrogen) atoms. The van der Waals surface area contributed by atoms with Crippen LogP contribution in [0.3, 0.4) is 0 Å². The van der Waals surface area contributed by atoms with Crippen molar-refractivity contribution >= 4 is 11.4 Å². The summed E-state index contributed by atoms with van der Waals surface area (Å²) >= 11 is 0. The lowest BCUT2D eigenvalue weighted by Crippen LogP contribution is -2.48. The van der Waals surface area contributed by atoms with E-state index in [-0.39, 0.29) is 27.7 Å². The third kappa shape index (κ3) is 4.95. The SMILES string of the molecule is Nc1cc(C23CC4CC(CC(C4)C2)C3)c(Oc2ccc(C34CC5CC(CC(C5)C3)C4)cc2Oc2cc(O)c(N)cc2C23CC4CC(CC(C4)C2)C3)cc1O. The van der Waals surface area contributed by atoms with E-state index in [0.717, 1.165) is 64.6 Å². The van der Waals surface area contributed by atoms with Crippen molar-refractivity contribution in [2.45, 2.75) is 132 Å². The summed E-state index contributed by atoms with van der Waals surface area (Å²) in [6.45, 7) is 0. The van der Waals surface area contributed by atoms with Crippen molar-refractivity contribution in [3.63, 3.8) is 0 Å². The lowest BCUT2D eigenvalue weighted by atomic mass is 9.48. The van der Waals surface area contributed by atoms with Crippen molar-refractivity contribution in [1.82, 2.24) is 0 Å². The quantitative estimate of drug-likeness (QED) is 0.142. The molecule has 12 saturated carbocycles. The highest BCUT2D eigenvalue weighted by Gasteiger charge is 2.55. The van der Waals surface area contributed by atoms with E-state index in [4.69, 9.17) is 20.9 Å². The van der Waals surface area contributed by atoms with Crippen molar-refractivity contribution in [2.24, 2.45) is 53.3 Å². The predicted octanol–water partition coefficient (Wildman–Crippen LogP) is 11.3. The van der Waals surface area contributed by atoms with Crippen LogP contribution < -0.4 is 20.9 Å². The number of aromatic hydroxyl groups is 2. The molecule has 12 fully saturated rings. The number of rotatable bonds is 7. The Balaban J connectivity index is 0.982. The summed E-state index contributed by atoms with van der Waals surface area (Å²) in [5, 5.41) is 22.3. The summed E-state index contributed by atoms with van der Waals surface area (Å²) in [5.74, 6) is 9.99. The van der Waals surface area contributed by atoms with Gasteiger partial charge in [0.15, 0.2) is 11.5 Å². The molecule has 0 aliphatic heterocycles. The van der Waals surface area contributed by atoms with E-state index in [1.165, 1.54) is 127 Å². The second-order valence-corrected chi connectivity index (χ2v) is 21.3. The van der Waals surface area contributed by atoms with Crippen LogP contribution in [0.2, 0.25) is 0 Å². The summed E-state index contributed by atoms with van der Waals surface area (Å²) in [7, 11) is 0. The van der Waals surface area contributed by atoms with Crippen LogP contribution >= 0.6 is 0 Å². The first-order valence-electron chi connectivity index (χ1n) is 21.8. The van der Waals surface area contributed by atoms with Crippen LogP contribution in [0.1, 0.15) is 132 Å². The van der Waals surface area contributed by atoms with Crippen LogP contribution in [0.25, 0.3) is 0 Å². The Bertz CT molecular complexity index is 1940. The van der Waals surface area contributed by atoms with E-state index in [9.17, 15) is 10.2 Å². The van der Waals surface area contributed by atoms with Gasteiger partial charge in [0.2, 0.25) is 0 Å². The van der Waals surface area contributed by atoms with Crippen molar-refractivity contribution < 1.29 is 19.7 Å². The Labute approximate surface area is 320 Å². The Morgan fingerprint density at radius 3 is 1.11 bits per heavy atom. The molecule has 3 aromatic carbocycles. The summed E-state index contributed by atoms with van der Waals surface area (Å²) in [6.07, 6.45) is 23.2. The van der Waals surface area contributed by atoms with Crippen LogP contribution in [0, 0.1) is 53.3 Å². The maximum atomic E-state index is 11.2. The molecule has 15 rings (SSSR count). The third-order valence-electron chi connectivity index (χ3n) is 17.5. The molecule has 284 valence electrons. The number of benzene rings is 3. The molecule has 0 atom stereocenters. The van der Waals surface area contributed by atoms with Crippen molar-refractivity contribution in [2.75, 3.05) is 11.5 Å². The summed E-state index contributed by atoms with van der Waals surface area (Å²) < 4.78 is 14.4. The monoisotopic (exact) mass is 726 g/mol. The second-order valence-electron chi connectivity index (χ2n) is 21.3. The molecule has 0 aromatic heterocycles. The van der Waals surface area contributed by atoms with Gasteiger partial charge in [-0.05, 0) is 215 Å². The van der Waals surface area contributed by atoms with Crippen molar-refractivity contribution in [1.29, 1.82) is 0 Å². The van der Waals surface area contributed by atoms with Gasteiger partial charge in [-0.15, -0.1) is 0 Å². The highest BCUT2D eigenvalue weighted by Crippen LogP contribution is 2.66. The molecule has 6 N–H and O–H groups in total. The van der Waals surface area contributed by atoms with Crippen LogP contribution in [0.5, 0.6) is 34.5 Å². The zero-order valence-corrected chi connectivity index (χ0v) is 31.8. The van der Waals surface area contributed by atoms with E-state index in [0.29, 0.717) is 28.6 Å². The maximum absolute atomic E-state index is 11.2. The molecular weight excluding hydrogens is 669 g/mol. The smallest absolute Gasteiger partial charge is 0.170 e. The predicted molar refractivity (Wildman–Crippen MR) is 211 cm³/mol. The van der Waals surface area contributed by atoms with Crippen LogP contribution in [-0.2, 0) is 16.2 Å². The number of hydrogen-bond donors (Lipinski definition) is 4. The molecule has 12 aliphatic rings. The first-order valence-corrected chi connectivity index (χ1v) is 21.8. The fourth-order valence-corrected chi connectivity index (χ4v) is 16.8. The zero-order valence-electron chi connectivity index (χ0n) is 31.8. The van der Waals surface area contributed by atoms with Gasteiger partial charge in [0.1, 0.15) is 23.0 Å². The topological polar surface area (TPSA) is 111 Å². The van der Waals surface area contributed by atoms with Gasteiger partial charge in [-0.25, -0.2) is 0 Å². The third-order valence-corrected chi connectivity index (χ3v) is 17.5. The van der Waals surface area contributed by atoms with E-state index in [2.05, 4.69) is 18.2 Å². The highest BCUT2D eigenvalue weighted by atomic mass is 16.5. The zero-order chi connectivity index (χ0) is 36.1. The molecule has 0 unspecified atom stereocenters. The molecule has 0 amide bonds. The number of hydrogen-bond acceptors (Lipinski definition) is 6. The fourth-order valence-electron chi connectivity index (χ4n) is 16.8. The van der Waals surface area contributed by atoms with Crippen LogP contribution in [0.15, 0.2) is 42.5 Å². The lowest BCUT2D eigenvalue weighted by molar-refractivity contribution is -0.00641. The number of phenols is 2. The number of nitrogens with two attached hydrogens (primary N) is 2. The Morgan fingerprint density at radius 2 is 0.741 bits per heavy atom. The van der Waals surface area contributed by atoms with Crippen LogP contribution in [-0.4, -0.2) is 10.2 Å². The minimum Gasteiger partial charge on any atom is -0.506 e. The van der Waals surface area contributed by atoms with Crippen LogP contribution in [0.4, 0.5) is 11.4 Å². The molecule has 12 bridgehead atoms. The van der Waals surface area contributed by atoms with Gasteiger partial charge in [0.05, 0.1) is 11.4 Å². The number of ether oxygens (including phenoxy) is 2. The molecule has 0 radical (unpaired) electrons. The number of phenolic OH excluding ortho intramolecular Hbond substituents is 2. The normalized spacial score (nSPS) is 41.8. The van der Waals surface area contributed by atoms with E-state index in [1.807, 2.05) is 12.1 Å². The minimum absolute atomic E-state index is 0.0267. The molecule has 0 heterocycles. The van der Waals surface area contributed by atoms with E-state index in [1.54, 1.807) is 12.1 Å². The first kappa shape index (κ1) is 32.7. The Kier molecular flexibility index (Phi) is 6.83. The fraction of sp³-hybridized carbons (Fsp3) is 0.625. The lowest BCUT2D eigenvalue weighted by Gasteiger charge is -2.57. The largest absolute Gasteiger partial charge is 0.506 e. The molecular formula is C48H58N2O4. The molecule has 6 nitrogen and oxygen atoms in total. The molecule has 0 spiro atoms. The van der Waals surface area contributed by atoms with E-state index < -0.39 is 0 Å². The molecule has 6 heteroatoms. The van der Waals surface area contributed by atoms with Gasteiger partial charge >= 0.3 is 0 Å². The highest BCUT2D eigenvalue weighted by molar-refractivity contribution is 5.64. The van der Waals surface area contributed by atoms with Gasteiger partial charge in [0.25, 0.3) is 0 Å². The standard InChI is InChI=1S/C48H58N2O4/c49-38-13-36(47-20-29-6-30(21-47)8-31(7-29)22-47)43(15-40(38)51)53-42-2-1-35(46-17-26-3-27(18-46)5-28(4-26)19-46)12-45(42)54-44-16-41(52)39(50)14-37(44)48-23-32-9-33(24-48)11-34(10-32)25-48/h1-2,12-16,26-34,51-52H,3-11,17-25,49-50H2. The van der Waals surface area contributed by atoms with Gasteiger partial charge < -0.3 is 31.2 Å². The van der Waals surface area contributed by atoms with Crippen molar-refractivity contribution in [3.05, 3.63) is 59.2 Å². The Hall–Kier alpha value is -3.54. The summed E-state index contributed by atoms with van der Waals surface area (Å²) in [6, 6.07) is 14.4. The molecule has 3 aromatic rings. The second kappa shape index (κ2) is 11.3. The van der Waals surface area contributed by atoms with Gasteiger partial charge in [-0.3, -0.25) is 0 Å². The number of nitrogen functional groups attached to an aromatic ring is 2. The number of anilines is 2. The average molecular weight is 727 g/mol. The van der Waals surface area contributed by atoms with Gasteiger partial charge in [0, 0.05) is 23.3 Å². The average Bonchev–Trinajstić information content (AvgIpc) is 3.10. The summed E-state index contributed by atoms with van der Waals surface area (Å²) in [4.78, 5) is 0. The molecule has 0 saturated heterocycles. The Morgan fingerprint density at radius 1 is 0.407 bits per heavy atom. The van der Waals surface area contributed by atoms with Crippen molar-refractivity contribution in [3.8, 4) is 34.5 Å². The van der Waals surface area contributed by atoms with E-state index >= 15 is 0 Å².